The van der Waals surface area contributed by atoms with Gasteiger partial charge in [-0.1, -0.05) is 11.6 Å². The molecule has 0 spiro atoms. The second kappa shape index (κ2) is 7.64. The molecule has 2 amide bonds. The Balaban J connectivity index is 1.41. The third kappa shape index (κ3) is 3.71. The van der Waals surface area contributed by atoms with E-state index in [0.717, 1.165) is 11.9 Å². The topological polar surface area (TPSA) is 82.3 Å². The van der Waals surface area contributed by atoms with Crippen LogP contribution in [0.25, 0.3) is 10.9 Å². The molecule has 1 aliphatic heterocycles. The minimum atomic E-state index is -0.526. The lowest BCUT2D eigenvalue weighted by atomic mass is 10.1. The third-order valence-corrected chi connectivity index (χ3v) is 5.39. The Morgan fingerprint density at radius 1 is 1.17 bits per heavy atom. The van der Waals surface area contributed by atoms with Gasteiger partial charge in [-0.05, 0) is 62.2 Å². The molecular formula is C23H23N3O3. The summed E-state index contributed by atoms with van der Waals surface area (Å²) in [5, 5.41) is 4.42. The molecule has 148 valence electrons. The number of H-pyrrole nitrogens is 1. The summed E-state index contributed by atoms with van der Waals surface area (Å²) in [5.74, 6) is -0.534. The van der Waals surface area contributed by atoms with Gasteiger partial charge in [-0.3, -0.25) is 14.4 Å². The highest BCUT2D eigenvalue weighted by Gasteiger charge is 2.39. The van der Waals surface area contributed by atoms with E-state index in [1.165, 1.54) is 28.3 Å². The molecule has 1 atom stereocenters. The van der Waals surface area contributed by atoms with Crippen LogP contribution in [-0.2, 0) is 16.0 Å². The lowest BCUT2D eigenvalue weighted by Gasteiger charge is -2.16. The maximum Gasteiger partial charge on any atom is 0.251 e. The number of ketones is 1. The molecule has 6 nitrogen and oxygen atoms in total. The molecule has 0 saturated carbocycles. The number of imide groups is 1. The van der Waals surface area contributed by atoms with Crippen molar-refractivity contribution < 1.29 is 14.4 Å². The van der Waals surface area contributed by atoms with Gasteiger partial charge in [0.15, 0.2) is 5.78 Å². The monoisotopic (exact) mass is 389 g/mol. The first-order chi connectivity index (χ1) is 13.9. The molecule has 1 fully saturated rings. The van der Waals surface area contributed by atoms with E-state index < -0.39 is 6.04 Å². The van der Waals surface area contributed by atoms with E-state index in [2.05, 4.69) is 35.4 Å². The maximum atomic E-state index is 12.8. The maximum absolute atomic E-state index is 12.8. The molecule has 29 heavy (non-hydrogen) atoms. The molecule has 4 rings (SSSR count). The first kappa shape index (κ1) is 19.1. The Morgan fingerprint density at radius 3 is 2.66 bits per heavy atom. The first-order valence-corrected chi connectivity index (χ1v) is 9.72. The molecule has 1 aromatic heterocycles. The van der Waals surface area contributed by atoms with Crippen LogP contribution in [0.2, 0.25) is 0 Å². The molecule has 0 unspecified atom stereocenters. The molecule has 6 heteroatoms. The molecule has 1 saturated heterocycles. The zero-order valence-corrected chi connectivity index (χ0v) is 16.5. The number of carbonyl (C=O) groups is 3. The van der Waals surface area contributed by atoms with Crippen molar-refractivity contribution in [2.45, 2.75) is 32.7 Å². The number of aryl methyl sites for hydroxylation is 1. The number of amides is 2. The van der Waals surface area contributed by atoms with Gasteiger partial charge in [0.1, 0.15) is 0 Å². The summed E-state index contributed by atoms with van der Waals surface area (Å²) < 4.78 is 0. The second-order valence-corrected chi connectivity index (χ2v) is 7.49. The van der Waals surface area contributed by atoms with Gasteiger partial charge in [-0.15, -0.1) is 0 Å². The Morgan fingerprint density at radius 2 is 1.93 bits per heavy atom. The van der Waals surface area contributed by atoms with E-state index >= 15 is 0 Å². The van der Waals surface area contributed by atoms with Gasteiger partial charge in [0.2, 0.25) is 5.91 Å². The lowest BCUT2D eigenvalue weighted by Crippen LogP contribution is -2.39. The number of Topliss-reactive ketones (excluding diaryl/α,β-unsaturated/α-hetero) is 1. The van der Waals surface area contributed by atoms with Crippen molar-refractivity contribution >= 4 is 34.2 Å². The number of fused-ring (bicyclic) bond motifs is 1. The number of carbonyl (C=O) groups excluding carboxylic acids is 3. The molecule has 1 aliphatic rings. The number of aromatic nitrogens is 1. The summed E-state index contributed by atoms with van der Waals surface area (Å²) in [5.41, 5.74) is 4.54. The number of anilines is 1. The van der Waals surface area contributed by atoms with Crippen LogP contribution in [-0.4, -0.2) is 35.2 Å². The van der Waals surface area contributed by atoms with Gasteiger partial charge in [0.05, 0.1) is 18.2 Å². The normalized spacial score (nSPS) is 16.8. The number of aromatic amines is 1. The van der Waals surface area contributed by atoms with Crippen molar-refractivity contribution in [3.05, 3.63) is 65.4 Å². The van der Waals surface area contributed by atoms with Gasteiger partial charge in [-0.25, -0.2) is 4.90 Å². The Labute approximate surface area is 168 Å². The molecule has 3 aromatic rings. The SMILES string of the molecule is CC(=O)c1ccc(N2C(=O)C[C@@H](NCCc3c[nH]c4ccc(C)cc34)C2=O)cc1. The van der Waals surface area contributed by atoms with Gasteiger partial charge < -0.3 is 10.3 Å². The van der Waals surface area contributed by atoms with Gasteiger partial charge >= 0.3 is 0 Å². The summed E-state index contributed by atoms with van der Waals surface area (Å²) in [7, 11) is 0. The van der Waals surface area contributed by atoms with Crippen LogP contribution < -0.4 is 10.2 Å². The van der Waals surface area contributed by atoms with Crippen LogP contribution in [0.15, 0.2) is 48.7 Å². The Kier molecular flexibility index (Phi) is 5.03. The largest absolute Gasteiger partial charge is 0.361 e. The van der Waals surface area contributed by atoms with E-state index in [4.69, 9.17) is 0 Å². The van der Waals surface area contributed by atoms with E-state index in [1.54, 1.807) is 24.3 Å². The summed E-state index contributed by atoms with van der Waals surface area (Å²) in [6.45, 7) is 4.15. The van der Waals surface area contributed by atoms with Crippen LogP contribution in [0.3, 0.4) is 0 Å². The first-order valence-electron chi connectivity index (χ1n) is 9.72. The molecule has 0 radical (unpaired) electrons. The molecular weight excluding hydrogens is 366 g/mol. The Hall–Kier alpha value is -3.25. The van der Waals surface area contributed by atoms with E-state index in [-0.39, 0.29) is 24.0 Å². The minimum absolute atomic E-state index is 0.0531. The van der Waals surface area contributed by atoms with Crippen molar-refractivity contribution in [2.75, 3.05) is 11.4 Å². The van der Waals surface area contributed by atoms with Crippen LogP contribution in [0.1, 0.15) is 34.8 Å². The van der Waals surface area contributed by atoms with Crippen molar-refractivity contribution in [2.24, 2.45) is 0 Å². The molecule has 2 heterocycles. The number of rotatable bonds is 6. The molecule has 2 N–H and O–H groups in total. The van der Waals surface area contributed by atoms with Gasteiger partial charge in [0, 0.05) is 29.2 Å². The lowest BCUT2D eigenvalue weighted by molar-refractivity contribution is -0.121. The minimum Gasteiger partial charge on any atom is -0.361 e. The van der Waals surface area contributed by atoms with Crippen LogP contribution in [0.5, 0.6) is 0 Å². The summed E-state index contributed by atoms with van der Waals surface area (Å²) >= 11 is 0. The van der Waals surface area contributed by atoms with E-state index in [0.29, 0.717) is 17.8 Å². The number of nitrogens with zero attached hydrogens (tertiary/aromatic N) is 1. The number of nitrogens with one attached hydrogen (secondary N) is 2. The smallest absolute Gasteiger partial charge is 0.251 e. The predicted octanol–water partition coefficient (Wildman–Crippen LogP) is 3.14. The fourth-order valence-corrected chi connectivity index (χ4v) is 3.79. The van der Waals surface area contributed by atoms with Crippen molar-refractivity contribution in [3.8, 4) is 0 Å². The standard InChI is InChI=1S/C23H23N3O3/c1-14-3-8-20-19(11-14)17(13-25-20)9-10-24-21-12-22(28)26(23(21)29)18-6-4-16(5-7-18)15(2)27/h3-8,11,13,21,24-25H,9-10,12H2,1-2H3/t21-/m1/s1. The third-order valence-electron chi connectivity index (χ3n) is 5.39. The zero-order valence-electron chi connectivity index (χ0n) is 16.5. The highest BCUT2D eigenvalue weighted by atomic mass is 16.2. The molecule has 0 aliphatic carbocycles. The zero-order chi connectivity index (χ0) is 20.5. The quantitative estimate of drug-likeness (QED) is 0.501. The van der Waals surface area contributed by atoms with Crippen LogP contribution in [0, 0.1) is 6.92 Å². The van der Waals surface area contributed by atoms with Crippen molar-refractivity contribution in [1.82, 2.24) is 10.3 Å². The van der Waals surface area contributed by atoms with Crippen molar-refractivity contribution in [1.29, 1.82) is 0 Å². The van der Waals surface area contributed by atoms with Gasteiger partial charge in [0.25, 0.3) is 5.91 Å². The van der Waals surface area contributed by atoms with Crippen molar-refractivity contribution in [3.63, 3.8) is 0 Å². The fraction of sp³-hybridized carbons (Fsp3) is 0.261. The summed E-state index contributed by atoms with van der Waals surface area (Å²) in [4.78, 5) is 41.1. The molecule has 2 aromatic carbocycles. The van der Waals surface area contributed by atoms with Gasteiger partial charge in [-0.2, -0.15) is 0 Å². The predicted molar refractivity (Wildman–Crippen MR) is 112 cm³/mol. The number of benzene rings is 2. The number of hydrogen-bond acceptors (Lipinski definition) is 4. The highest BCUT2D eigenvalue weighted by Crippen LogP contribution is 2.24. The molecule has 0 bridgehead atoms. The van der Waals surface area contributed by atoms with E-state index in [9.17, 15) is 14.4 Å². The number of hydrogen-bond donors (Lipinski definition) is 2. The Bertz CT molecular complexity index is 1100. The van der Waals surface area contributed by atoms with Crippen LogP contribution in [0.4, 0.5) is 5.69 Å². The fourth-order valence-electron chi connectivity index (χ4n) is 3.79. The second-order valence-electron chi connectivity index (χ2n) is 7.49. The van der Waals surface area contributed by atoms with E-state index in [1.807, 2.05) is 6.20 Å². The summed E-state index contributed by atoms with van der Waals surface area (Å²) in [6, 6.07) is 12.3. The summed E-state index contributed by atoms with van der Waals surface area (Å²) in [6.07, 6.45) is 2.89. The highest BCUT2D eigenvalue weighted by molar-refractivity contribution is 6.22. The van der Waals surface area contributed by atoms with Crippen LogP contribution >= 0.6 is 0 Å². The average molecular weight is 389 g/mol. The average Bonchev–Trinajstić information content (AvgIpc) is 3.22.